The SMILES string of the molecule is CCOC(=O)CC1(O)CC(C=CCCCCC(O[SiH](C)C)(c2ccccc2)C(C)(C)C)CC2CCCCC21. The van der Waals surface area contributed by atoms with E-state index in [0.717, 1.165) is 44.9 Å². The van der Waals surface area contributed by atoms with Crippen LogP contribution in [0.5, 0.6) is 0 Å². The molecule has 1 aromatic rings. The zero-order chi connectivity index (χ0) is 27.8. The maximum atomic E-state index is 12.3. The average molecular weight is 543 g/mol. The number of fused-ring (bicyclic) bond motifs is 1. The number of carbonyl (C=O) groups excluding carboxylic acids is 1. The van der Waals surface area contributed by atoms with Gasteiger partial charge >= 0.3 is 5.97 Å². The summed E-state index contributed by atoms with van der Waals surface area (Å²) in [6.07, 6.45) is 15.5. The summed E-state index contributed by atoms with van der Waals surface area (Å²) in [5.74, 6) is 0.832. The van der Waals surface area contributed by atoms with Gasteiger partial charge in [-0.15, -0.1) is 0 Å². The highest BCUT2D eigenvalue weighted by molar-refractivity contribution is 6.48. The van der Waals surface area contributed by atoms with Gasteiger partial charge < -0.3 is 14.3 Å². The van der Waals surface area contributed by atoms with Crippen molar-refractivity contribution >= 4 is 15.0 Å². The van der Waals surface area contributed by atoms with Crippen molar-refractivity contribution in [1.29, 1.82) is 0 Å². The van der Waals surface area contributed by atoms with Crippen LogP contribution in [0.4, 0.5) is 0 Å². The highest BCUT2D eigenvalue weighted by Gasteiger charge is 2.49. The Morgan fingerprint density at radius 3 is 2.50 bits per heavy atom. The van der Waals surface area contributed by atoms with Gasteiger partial charge in [0.15, 0.2) is 9.04 Å². The fourth-order valence-electron chi connectivity index (χ4n) is 7.38. The van der Waals surface area contributed by atoms with Crippen molar-refractivity contribution in [3.8, 4) is 0 Å². The molecule has 4 nitrogen and oxygen atoms in total. The van der Waals surface area contributed by atoms with Gasteiger partial charge in [-0.25, -0.2) is 0 Å². The molecule has 3 rings (SSSR count). The Morgan fingerprint density at radius 2 is 1.84 bits per heavy atom. The van der Waals surface area contributed by atoms with E-state index in [1.807, 2.05) is 6.92 Å². The molecule has 5 atom stereocenters. The molecular weight excluding hydrogens is 488 g/mol. The molecule has 38 heavy (non-hydrogen) atoms. The van der Waals surface area contributed by atoms with Crippen molar-refractivity contribution in [3.05, 3.63) is 48.0 Å². The lowest BCUT2D eigenvalue weighted by molar-refractivity contribution is -0.159. The van der Waals surface area contributed by atoms with Crippen molar-refractivity contribution in [2.24, 2.45) is 23.2 Å². The van der Waals surface area contributed by atoms with Crippen LogP contribution in [0.3, 0.4) is 0 Å². The number of rotatable bonds is 12. The first-order valence-electron chi connectivity index (χ1n) is 15.3. The number of benzene rings is 1. The molecule has 2 saturated carbocycles. The van der Waals surface area contributed by atoms with Gasteiger partial charge in [0.25, 0.3) is 0 Å². The summed E-state index contributed by atoms with van der Waals surface area (Å²) in [6.45, 7) is 13.7. The van der Waals surface area contributed by atoms with E-state index in [2.05, 4.69) is 76.3 Å². The number of allylic oxidation sites excluding steroid dienone is 2. The number of ether oxygens (including phenoxy) is 1. The van der Waals surface area contributed by atoms with Gasteiger partial charge in [-0.1, -0.05) is 82.5 Å². The normalized spacial score (nSPS) is 27.7. The largest absolute Gasteiger partial charge is 0.466 e. The quantitative estimate of drug-likeness (QED) is 0.126. The second kappa shape index (κ2) is 13.8. The molecule has 1 aromatic carbocycles. The summed E-state index contributed by atoms with van der Waals surface area (Å²) >= 11 is 0. The van der Waals surface area contributed by atoms with Crippen molar-refractivity contribution in [2.75, 3.05) is 6.61 Å². The van der Waals surface area contributed by atoms with Crippen LogP contribution in [0.15, 0.2) is 42.5 Å². The smallest absolute Gasteiger partial charge is 0.308 e. The molecule has 0 radical (unpaired) electrons. The van der Waals surface area contributed by atoms with E-state index in [-0.39, 0.29) is 29.3 Å². The first-order valence-corrected chi connectivity index (χ1v) is 18.1. The monoisotopic (exact) mass is 542 g/mol. The summed E-state index contributed by atoms with van der Waals surface area (Å²) < 4.78 is 12.1. The Hall–Kier alpha value is -1.43. The lowest BCUT2D eigenvalue weighted by atomic mass is 9.59. The molecule has 0 aliphatic heterocycles. The van der Waals surface area contributed by atoms with Crippen LogP contribution in [0.2, 0.25) is 13.1 Å². The summed E-state index contributed by atoms with van der Waals surface area (Å²) in [7, 11) is -1.26. The molecule has 0 bridgehead atoms. The molecular formula is C33H54O4Si. The van der Waals surface area contributed by atoms with Crippen molar-refractivity contribution in [1.82, 2.24) is 0 Å². The minimum atomic E-state index is -1.26. The zero-order valence-corrected chi connectivity index (χ0v) is 26.2. The average Bonchev–Trinajstić information content (AvgIpc) is 2.85. The molecule has 0 heterocycles. The second-order valence-corrected chi connectivity index (χ2v) is 15.6. The summed E-state index contributed by atoms with van der Waals surface area (Å²) in [5.41, 5.74) is 0.115. The van der Waals surface area contributed by atoms with Gasteiger partial charge in [-0.3, -0.25) is 4.79 Å². The number of unbranched alkanes of at least 4 members (excludes halogenated alkanes) is 2. The minimum Gasteiger partial charge on any atom is -0.466 e. The first kappa shape index (κ1) is 31.1. The van der Waals surface area contributed by atoms with Crippen molar-refractivity contribution < 1.29 is 19.1 Å². The Morgan fingerprint density at radius 1 is 1.13 bits per heavy atom. The van der Waals surface area contributed by atoms with Crippen LogP contribution < -0.4 is 0 Å². The number of aliphatic hydroxyl groups is 1. The number of carbonyl (C=O) groups is 1. The molecule has 0 spiro atoms. The molecule has 1 N–H and O–H groups in total. The molecule has 5 heteroatoms. The summed E-state index contributed by atoms with van der Waals surface area (Å²) in [6, 6.07) is 10.8. The number of esters is 1. The highest BCUT2D eigenvalue weighted by Crippen LogP contribution is 2.50. The summed E-state index contributed by atoms with van der Waals surface area (Å²) in [5, 5.41) is 11.7. The lowest BCUT2D eigenvalue weighted by Crippen LogP contribution is -2.50. The van der Waals surface area contributed by atoms with Gasteiger partial charge in [-0.05, 0) is 93.7 Å². The Bertz CT molecular complexity index is 892. The maximum Gasteiger partial charge on any atom is 0.308 e. The van der Waals surface area contributed by atoms with Crippen LogP contribution in [0.25, 0.3) is 0 Å². The van der Waals surface area contributed by atoms with Crippen molar-refractivity contribution in [3.63, 3.8) is 0 Å². The van der Waals surface area contributed by atoms with E-state index in [4.69, 9.17) is 9.16 Å². The van der Waals surface area contributed by atoms with Gasteiger partial charge in [0.1, 0.15) is 0 Å². The lowest BCUT2D eigenvalue weighted by Gasteiger charge is -2.49. The van der Waals surface area contributed by atoms with Crippen LogP contribution in [-0.2, 0) is 19.6 Å². The van der Waals surface area contributed by atoms with E-state index in [1.54, 1.807) is 0 Å². The zero-order valence-electron chi connectivity index (χ0n) is 25.0. The molecule has 2 fully saturated rings. The first-order chi connectivity index (χ1) is 18.0. The third-order valence-electron chi connectivity index (χ3n) is 9.02. The van der Waals surface area contributed by atoms with Gasteiger partial charge in [0, 0.05) is 0 Å². The minimum absolute atomic E-state index is 0.00345. The molecule has 0 aromatic heterocycles. The Labute approximate surface area is 234 Å². The molecule has 2 aliphatic rings. The van der Waals surface area contributed by atoms with Crippen molar-refractivity contribution in [2.45, 2.75) is 123 Å². The fraction of sp³-hybridized carbons (Fsp3) is 0.727. The maximum absolute atomic E-state index is 12.3. The second-order valence-electron chi connectivity index (χ2n) is 13.2. The Balaban J connectivity index is 1.61. The molecule has 5 unspecified atom stereocenters. The third kappa shape index (κ3) is 7.82. The standard InChI is InChI=1S/C33H54O4Si/c1-7-36-30(34)25-32(35)24-26(23-27-18-14-15-21-29(27)32)17-11-8-9-16-22-33(31(2,3)4,37-38(5)6)28-19-12-10-13-20-28/h10-13,17,19-20,26-27,29,35,38H,7-9,14-16,18,21-25H2,1-6H3. The van der Waals surface area contributed by atoms with Gasteiger partial charge in [-0.2, -0.15) is 0 Å². The predicted octanol–water partition coefficient (Wildman–Crippen LogP) is 7.95. The molecule has 0 amide bonds. The van der Waals surface area contributed by atoms with Crippen LogP contribution >= 0.6 is 0 Å². The van der Waals surface area contributed by atoms with Gasteiger partial charge in [0.2, 0.25) is 0 Å². The van der Waals surface area contributed by atoms with E-state index >= 15 is 0 Å². The highest BCUT2D eigenvalue weighted by atomic mass is 28.3. The number of hydrogen-bond acceptors (Lipinski definition) is 4. The van der Waals surface area contributed by atoms with E-state index < -0.39 is 14.6 Å². The van der Waals surface area contributed by atoms with Crippen LogP contribution in [0.1, 0.15) is 104 Å². The topological polar surface area (TPSA) is 55.8 Å². The third-order valence-corrected chi connectivity index (χ3v) is 9.90. The van der Waals surface area contributed by atoms with E-state index in [9.17, 15) is 9.90 Å². The molecule has 2 aliphatic carbocycles. The Kier molecular flexibility index (Phi) is 11.3. The molecule has 214 valence electrons. The van der Waals surface area contributed by atoms with Gasteiger partial charge in [0.05, 0.1) is 24.2 Å². The van der Waals surface area contributed by atoms with Crippen LogP contribution in [0, 0.1) is 23.2 Å². The predicted molar refractivity (Wildman–Crippen MR) is 160 cm³/mol. The molecule has 0 saturated heterocycles. The fourth-order valence-corrected chi connectivity index (χ4v) is 8.79. The summed E-state index contributed by atoms with van der Waals surface area (Å²) in [4.78, 5) is 12.3. The van der Waals surface area contributed by atoms with E-state index in [0.29, 0.717) is 24.9 Å². The van der Waals surface area contributed by atoms with E-state index in [1.165, 1.54) is 18.4 Å². The number of hydrogen-bond donors (Lipinski definition) is 1. The van der Waals surface area contributed by atoms with Crippen LogP contribution in [-0.4, -0.2) is 32.3 Å².